The Morgan fingerprint density at radius 1 is 1.21 bits per heavy atom. The van der Waals surface area contributed by atoms with E-state index in [9.17, 15) is 9.59 Å². The van der Waals surface area contributed by atoms with Gasteiger partial charge in [-0.2, -0.15) is 10.2 Å². The average Bonchev–Trinajstić information content (AvgIpc) is 3.08. The van der Waals surface area contributed by atoms with Crippen LogP contribution < -0.4 is 10.6 Å². The average molecular weight is 397 g/mol. The van der Waals surface area contributed by atoms with Gasteiger partial charge in [-0.15, -0.1) is 0 Å². The van der Waals surface area contributed by atoms with Gasteiger partial charge in [-0.3, -0.25) is 19.0 Å². The Morgan fingerprint density at radius 2 is 1.96 bits per heavy atom. The van der Waals surface area contributed by atoms with E-state index in [1.165, 1.54) is 4.68 Å². The maximum atomic E-state index is 12.2. The van der Waals surface area contributed by atoms with E-state index in [2.05, 4.69) is 36.8 Å². The highest BCUT2D eigenvalue weighted by Crippen LogP contribution is 2.15. The fourth-order valence-corrected chi connectivity index (χ4v) is 2.39. The van der Waals surface area contributed by atoms with Crippen molar-refractivity contribution in [1.82, 2.24) is 24.9 Å². The van der Waals surface area contributed by atoms with Crippen LogP contribution in [0.1, 0.15) is 36.5 Å². The zero-order valence-electron chi connectivity index (χ0n) is 14.0. The molecule has 2 N–H and O–H groups in total. The lowest BCUT2D eigenvalue weighted by molar-refractivity contribution is -0.116. The number of carbonyl (C=O) groups is 2. The van der Waals surface area contributed by atoms with Crippen LogP contribution in [-0.2, 0) is 17.9 Å². The van der Waals surface area contributed by atoms with E-state index in [1.54, 1.807) is 17.1 Å². The second kappa shape index (κ2) is 8.09. The number of carbonyl (C=O) groups excluding carboxylic acids is 2. The fraction of sp³-hybridized carbons (Fsp3) is 0.467. The Balaban J connectivity index is 2.11. The molecule has 0 aliphatic rings. The van der Waals surface area contributed by atoms with Gasteiger partial charge in [0.2, 0.25) is 5.91 Å². The molecule has 8 nitrogen and oxygen atoms in total. The third kappa shape index (κ3) is 4.44. The van der Waals surface area contributed by atoms with Crippen molar-refractivity contribution in [3.05, 3.63) is 28.3 Å². The summed E-state index contributed by atoms with van der Waals surface area (Å²) in [7, 11) is 0. The van der Waals surface area contributed by atoms with Crippen molar-refractivity contribution in [2.45, 2.75) is 40.3 Å². The maximum Gasteiger partial charge on any atom is 0.273 e. The number of anilines is 1. The third-order valence-corrected chi connectivity index (χ3v) is 4.08. The topological polar surface area (TPSA) is 93.8 Å². The molecule has 24 heavy (non-hydrogen) atoms. The Hall–Kier alpha value is -2.16. The highest BCUT2D eigenvalue weighted by molar-refractivity contribution is 9.10. The van der Waals surface area contributed by atoms with E-state index in [-0.39, 0.29) is 24.1 Å². The number of aryl methyl sites for hydroxylation is 2. The summed E-state index contributed by atoms with van der Waals surface area (Å²) in [5, 5.41) is 14.0. The number of nitrogens with one attached hydrogen (secondary N) is 2. The molecule has 2 aromatic rings. The van der Waals surface area contributed by atoms with E-state index < -0.39 is 0 Å². The van der Waals surface area contributed by atoms with Crippen molar-refractivity contribution in [3.8, 4) is 0 Å². The van der Waals surface area contributed by atoms with E-state index in [0.717, 1.165) is 16.6 Å². The molecule has 2 rings (SSSR count). The van der Waals surface area contributed by atoms with Crippen LogP contribution >= 0.6 is 15.9 Å². The molecule has 2 heterocycles. The van der Waals surface area contributed by atoms with Crippen LogP contribution in [0, 0.1) is 6.92 Å². The quantitative estimate of drug-likeness (QED) is 0.747. The first-order chi connectivity index (χ1) is 11.4. The minimum absolute atomic E-state index is 0.0553. The summed E-state index contributed by atoms with van der Waals surface area (Å²) < 4.78 is 4.00. The predicted octanol–water partition coefficient (Wildman–Crippen LogP) is 1.95. The van der Waals surface area contributed by atoms with Crippen LogP contribution in [0.4, 0.5) is 5.69 Å². The molecule has 0 bridgehead atoms. The first-order valence-corrected chi connectivity index (χ1v) is 8.58. The SMILES string of the molecule is CCCNC(=O)c1nn(CC)cc1NC(=O)Cn1cc(Br)c(C)n1. The minimum atomic E-state index is -0.294. The lowest BCUT2D eigenvalue weighted by Crippen LogP contribution is -2.26. The Kier molecular flexibility index (Phi) is 6.13. The maximum absolute atomic E-state index is 12.2. The van der Waals surface area contributed by atoms with Crippen molar-refractivity contribution in [2.24, 2.45) is 0 Å². The fourth-order valence-electron chi connectivity index (χ4n) is 2.08. The molecule has 0 saturated heterocycles. The summed E-state index contributed by atoms with van der Waals surface area (Å²) >= 11 is 3.36. The third-order valence-electron chi connectivity index (χ3n) is 3.30. The van der Waals surface area contributed by atoms with Gasteiger partial charge in [0, 0.05) is 25.5 Å². The number of rotatable bonds is 7. The Labute approximate surface area is 148 Å². The van der Waals surface area contributed by atoms with Crippen LogP contribution in [0.25, 0.3) is 0 Å². The summed E-state index contributed by atoms with van der Waals surface area (Å²) in [4.78, 5) is 24.4. The van der Waals surface area contributed by atoms with Crippen molar-refractivity contribution < 1.29 is 9.59 Å². The van der Waals surface area contributed by atoms with Gasteiger partial charge in [0.05, 0.1) is 15.9 Å². The number of nitrogens with zero attached hydrogens (tertiary/aromatic N) is 4. The Bertz CT molecular complexity index is 717. The van der Waals surface area contributed by atoms with Gasteiger partial charge >= 0.3 is 0 Å². The van der Waals surface area contributed by atoms with Gasteiger partial charge < -0.3 is 10.6 Å². The van der Waals surface area contributed by atoms with Crippen molar-refractivity contribution in [1.29, 1.82) is 0 Å². The highest BCUT2D eigenvalue weighted by atomic mass is 79.9. The van der Waals surface area contributed by atoms with Gasteiger partial charge in [-0.1, -0.05) is 6.92 Å². The zero-order valence-corrected chi connectivity index (χ0v) is 15.6. The molecule has 2 aromatic heterocycles. The lowest BCUT2D eigenvalue weighted by Gasteiger charge is -2.06. The molecule has 0 unspecified atom stereocenters. The van der Waals surface area contributed by atoms with Crippen LogP contribution in [0.5, 0.6) is 0 Å². The number of amides is 2. The molecule has 0 saturated carbocycles. The molecular formula is C15H21BrN6O2. The number of hydrogen-bond donors (Lipinski definition) is 2. The van der Waals surface area contributed by atoms with E-state index in [4.69, 9.17) is 0 Å². The highest BCUT2D eigenvalue weighted by Gasteiger charge is 2.18. The van der Waals surface area contributed by atoms with Crippen molar-refractivity contribution in [3.63, 3.8) is 0 Å². The first kappa shape index (κ1) is 18.2. The zero-order chi connectivity index (χ0) is 17.7. The Morgan fingerprint density at radius 3 is 2.54 bits per heavy atom. The summed E-state index contributed by atoms with van der Waals surface area (Å²) in [6.45, 7) is 6.95. The van der Waals surface area contributed by atoms with Crippen LogP contribution in [0.15, 0.2) is 16.9 Å². The van der Waals surface area contributed by atoms with Gasteiger partial charge in [0.15, 0.2) is 5.69 Å². The van der Waals surface area contributed by atoms with Crippen molar-refractivity contribution in [2.75, 3.05) is 11.9 Å². The van der Waals surface area contributed by atoms with Gasteiger partial charge in [-0.05, 0) is 36.2 Å². The van der Waals surface area contributed by atoms with Crippen LogP contribution in [-0.4, -0.2) is 37.9 Å². The number of halogens is 1. The summed E-state index contributed by atoms with van der Waals surface area (Å²) in [6, 6.07) is 0. The van der Waals surface area contributed by atoms with Crippen LogP contribution in [0.2, 0.25) is 0 Å². The van der Waals surface area contributed by atoms with E-state index in [0.29, 0.717) is 18.8 Å². The first-order valence-electron chi connectivity index (χ1n) is 7.79. The predicted molar refractivity (Wildman–Crippen MR) is 93.8 cm³/mol. The molecule has 0 radical (unpaired) electrons. The standard InChI is InChI=1S/C15H21BrN6O2/c1-4-6-17-15(24)14-12(8-21(5-2)20-14)18-13(23)9-22-7-11(16)10(3)19-22/h7-8H,4-6,9H2,1-3H3,(H,17,24)(H,18,23). The summed E-state index contributed by atoms with van der Waals surface area (Å²) in [6.07, 6.45) is 4.22. The summed E-state index contributed by atoms with van der Waals surface area (Å²) in [5.41, 5.74) is 1.43. The molecule has 2 amide bonds. The minimum Gasteiger partial charge on any atom is -0.351 e. The van der Waals surface area contributed by atoms with Gasteiger partial charge in [0.25, 0.3) is 5.91 Å². The molecule has 0 spiro atoms. The largest absolute Gasteiger partial charge is 0.351 e. The molecule has 0 aromatic carbocycles. The molecule has 0 atom stereocenters. The van der Waals surface area contributed by atoms with Crippen molar-refractivity contribution >= 4 is 33.4 Å². The molecule has 0 aliphatic carbocycles. The summed E-state index contributed by atoms with van der Waals surface area (Å²) in [5.74, 6) is -0.567. The molecule has 130 valence electrons. The van der Waals surface area contributed by atoms with Crippen LogP contribution in [0.3, 0.4) is 0 Å². The second-order valence-electron chi connectivity index (χ2n) is 5.31. The van der Waals surface area contributed by atoms with E-state index >= 15 is 0 Å². The monoisotopic (exact) mass is 396 g/mol. The molecule has 0 aliphatic heterocycles. The smallest absolute Gasteiger partial charge is 0.273 e. The lowest BCUT2D eigenvalue weighted by atomic mass is 10.3. The molecule has 0 fully saturated rings. The second-order valence-corrected chi connectivity index (χ2v) is 6.17. The number of aromatic nitrogens is 4. The normalized spacial score (nSPS) is 10.7. The van der Waals surface area contributed by atoms with Gasteiger partial charge in [-0.25, -0.2) is 0 Å². The van der Waals surface area contributed by atoms with E-state index in [1.807, 2.05) is 20.8 Å². The number of hydrogen-bond acceptors (Lipinski definition) is 4. The van der Waals surface area contributed by atoms with Gasteiger partial charge in [0.1, 0.15) is 6.54 Å². The molecular weight excluding hydrogens is 376 g/mol. The molecule has 9 heteroatoms.